The predicted octanol–water partition coefficient (Wildman–Crippen LogP) is 3.27. The fraction of sp³-hybridized carbons (Fsp3) is 0.235. The van der Waals surface area contributed by atoms with Crippen molar-refractivity contribution in [2.75, 3.05) is 0 Å². The molecule has 3 rings (SSSR count). The highest BCUT2D eigenvalue weighted by atomic mass is 35.5. The molecule has 0 N–H and O–H groups in total. The minimum absolute atomic E-state index is 0.0906. The van der Waals surface area contributed by atoms with E-state index in [1.807, 2.05) is 0 Å². The van der Waals surface area contributed by atoms with E-state index in [1.165, 1.54) is 31.2 Å². The zero-order valence-corrected chi connectivity index (χ0v) is 14.5. The van der Waals surface area contributed by atoms with Crippen molar-refractivity contribution < 1.29 is 23.5 Å². The van der Waals surface area contributed by atoms with Crippen molar-refractivity contribution in [1.29, 1.82) is 0 Å². The van der Waals surface area contributed by atoms with Gasteiger partial charge in [-0.15, -0.1) is 5.10 Å². The van der Waals surface area contributed by atoms with Crippen LogP contribution in [0.1, 0.15) is 32.1 Å². The second-order valence-electron chi connectivity index (χ2n) is 5.53. The summed E-state index contributed by atoms with van der Waals surface area (Å²) in [5.41, 5.74) is -0.912. The molecule has 0 spiro atoms. The van der Waals surface area contributed by atoms with E-state index in [4.69, 9.17) is 25.5 Å². The molecule has 0 saturated heterocycles. The molecular formula is C17H15ClN2O5. The average Bonchev–Trinajstić information content (AvgIpc) is 3.17. The number of hydrogen-bond acceptors (Lipinski definition) is 6. The van der Waals surface area contributed by atoms with E-state index in [2.05, 4.69) is 5.10 Å². The number of nitrogens with zero attached hydrogens (tertiary/aromatic N) is 2. The number of carbonyl (C=O) groups excluding carboxylic acids is 2. The van der Waals surface area contributed by atoms with Crippen LogP contribution >= 0.6 is 11.6 Å². The monoisotopic (exact) mass is 362 g/mol. The van der Waals surface area contributed by atoms with Crippen LogP contribution in [0.15, 0.2) is 46.1 Å². The molecule has 130 valence electrons. The Balaban J connectivity index is 2.07. The SMILES string of the molecule is CC(=O)Oc1ccc(Cl)cc1C1=NN(C(C)=O)C(C)(c2ccco2)O1. The number of hydrazone groups is 1. The normalized spacial score (nSPS) is 19.4. The first kappa shape index (κ1) is 17.0. The summed E-state index contributed by atoms with van der Waals surface area (Å²) in [5.74, 6) is -0.127. The summed E-state index contributed by atoms with van der Waals surface area (Å²) in [4.78, 5) is 23.4. The van der Waals surface area contributed by atoms with E-state index in [0.717, 1.165) is 0 Å². The van der Waals surface area contributed by atoms with Crippen molar-refractivity contribution in [3.8, 4) is 5.75 Å². The van der Waals surface area contributed by atoms with Crippen LogP contribution < -0.4 is 4.74 Å². The van der Waals surface area contributed by atoms with Gasteiger partial charge in [0.1, 0.15) is 5.75 Å². The fourth-order valence-corrected chi connectivity index (χ4v) is 2.70. The molecule has 2 heterocycles. The molecule has 1 amide bonds. The molecule has 0 bridgehead atoms. The van der Waals surface area contributed by atoms with Gasteiger partial charge < -0.3 is 13.9 Å². The molecule has 1 aromatic heterocycles. The Morgan fingerprint density at radius 3 is 2.64 bits per heavy atom. The summed E-state index contributed by atoms with van der Waals surface area (Å²) in [6.07, 6.45) is 1.48. The van der Waals surface area contributed by atoms with E-state index >= 15 is 0 Å². The first-order valence-electron chi connectivity index (χ1n) is 7.42. The lowest BCUT2D eigenvalue weighted by Crippen LogP contribution is -2.41. The Bertz CT molecular complexity index is 862. The summed E-state index contributed by atoms with van der Waals surface area (Å²) in [6, 6.07) is 8.02. The maximum absolute atomic E-state index is 12.0. The van der Waals surface area contributed by atoms with Gasteiger partial charge in [0, 0.05) is 25.8 Å². The van der Waals surface area contributed by atoms with Gasteiger partial charge in [-0.3, -0.25) is 9.59 Å². The third-order valence-corrected chi connectivity index (χ3v) is 3.83. The highest BCUT2D eigenvalue weighted by Gasteiger charge is 2.47. The van der Waals surface area contributed by atoms with Crippen LogP contribution in [0.25, 0.3) is 0 Å². The number of hydrogen-bond donors (Lipinski definition) is 0. The summed E-state index contributed by atoms with van der Waals surface area (Å²) >= 11 is 6.05. The molecule has 0 aliphatic carbocycles. The average molecular weight is 363 g/mol. The van der Waals surface area contributed by atoms with Gasteiger partial charge in [0.15, 0.2) is 5.76 Å². The Labute approximate surface area is 148 Å². The lowest BCUT2D eigenvalue weighted by molar-refractivity contribution is -0.148. The number of carbonyl (C=O) groups is 2. The van der Waals surface area contributed by atoms with Gasteiger partial charge in [0.2, 0.25) is 11.8 Å². The van der Waals surface area contributed by atoms with Crippen LogP contribution in [0, 0.1) is 0 Å². The van der Waals surface area contributed by atoms with Gasteiger partial charge in [-0.25, -0.2) is 0 Å². The lowest BCUT2D eigenvalue weighted by Gasteiger charge is -2.28. The van der Waals surface area contributed by atoms with Crippen molar-refractivity contribution in [2.24, 2.45) is 5.10 Å². The number of rotatable bonds is 3. The summed E-state index contributed by atoms with van der Waals surface area (Å²) in [7, 11) is 0. The molecule has 1 aliphatic heterocycles. The molecule has 1 atom stereocenters. The quantitative estimate of drug-likeness (QED) is 0.618. The highest BCUT2D eigenvalue weighted by Crippen LogP contribution is 2.38. The van der Waals surface area contributed by atoms with E-state index in [0.29, 0.717) is 16.3 Å². The Hall–Kier alpha value is -2.80. The number of halogens is 1. The third kappa shape index (κ3) is 3.10. The fourth-order valence-electron chi connectivity index (χ4n) is 2.53. The Kier molecular flexibility index (Phi) is 4.26. The van der Waals surface area contributed by atoms with Gasteiger partial charge in [0.25, 0.3) is 5.72 Å². The Morgan fingerprint density at radius 1 is 1.28 bits per heavy atom. The van der Waals surface area contributed by atoms with E-state index < -0.39 is 11.7 Å². The van der Waals surface area contributed by atoms with Gasteiger partial charge in [-0.1, -0.05) is 11.6 Å². The van der Waals surface area contributed by atoms with Crippen molar-refractivity contribution in [3.05, 3.63) is 52.9 Å². The minimum Gasteiger partial charge on any atom is -0.463 e. The van der Waals surface area contributed by atoms with Gasteiger partial charge in [0.05, 0.1) is 11.8 Å². The zero-order valence-electron chi connectivity index (χ0n) is 13.8. The number of esters is 1. The second-order valence-corrected chi connectivity index (χ2v) is 5.97. The minimum atomic E-state index is -1.26. The van der Waals surface area contributed by atoms with E-state index in [-0.39, 0.29) is 17.6 Å². The standard InChI is InChI=1S/C17H15ClN2O5/c1-10(21)20-17(3,15-5-4-8-23-15)25-16(19-20)13-9-12(18)6-7-14(13)24-11(2)22/h4-9H,1-3H3. The Morgan fingerprint density at radius 2 is 2.04 bits per heavy atom. The zero-order chi connectivity index (χ0) is 18.2. The lowest BCUT2D eigenvalue weighted by atomic mass is 10.1. The van der Waals surface area contributed by atoms with Crippen LogP contribution in [0.2, 0.25) is 5.02 Å². The van der Waals surface area contributed by atoms with Crippen LogP contribution in [0.4, 0.5) is 0 Å². The summed E-state index contributed by atoms with van der Waals surface area (Å²) in [5, 5.41) is 5.81. The second kappa shape index (κ2) is 6.25. The largest absolute Gasteiger partial charge is 0.463 e. The third-order valence-electron chi connectivity index (χ3n) is 3.59. The number of amides is 1. The maximum Gasteiger partial charge on any atom is 0.308 e. The first-order chi connectivity index (χ1) is 11.8. The van der Waals surface area contributed by atoms with Gasteiger partial charge in [-0.05, 0) is 30.3 Å². The highest BCUT2D eigenvalue weighted by molar-refractivity contribution is 6.31. The van der Waals surface area contributed by atoms with Crippen LogP contribution in [-0.4, -0.2) is 22.8 Å². The van der Waals surface area contributed by atoms with Crippen molar-refractivity contribution in [3.63, 3.8) is 0 Å². The maximum atomic E-state index is 12.0. The van der Waals surface area contributed by atoms with Crippen molar-refractivity contribution >= 4 is 29.4 Å². The smallest absolute Gasteiger partial charge is 0.308 e. The van der Waals surface area contributed by atoms with Crippen LogP contribution in [0.5, 0.6) is 5.75 Å². The van der Waals surface area contributed by atoms with Crippen molar-refractivity contribution in [2.45, 2.75) is 26.5 Å². The molecule has 25 heavy (non-hydrogen) atoms. The van der Waals surface area contributed by atoms with Gasteiger partial charge >= 0.3 is 5.97 Å². The van der Waals surface area contributed by atoms with E-state index in [9.17, 15) is 9.59 Å². The first-order valence-corrected chi connectivity index (χ1v) is 7.80. The predicted molar refractivity (Wildman–Crippen MR) is 89.0 cm³/mol. The van der Waals surface area contributed by atoms with Crippen molar-refractivity contribution in [1.82, 2.24) is 5.01 Å². The molecule has 7 nitrogen and oxygen atoms in total. The molecule has 0 radical (unpaired) electrons. The van der Waals surface area contributed by atoms with Gasteiger partial charge in [-0.2, -0.15) is 5.01 Å². The number of furan rings is 1. The molecule has 8 heteroatoms. The van der Waals surface area contributed by atoms with E-state index in [1.54, 1.807) is 31.2 Å². The molecule has 1 unspecified atom stereocenters. The van der Waals surface area contributed by atoms with Crippen LogP contribution in [0.3, 0.4) is 0 Å². The molecule has 2 aromatic rings. The molecule has 1 aromatic carbocycles. The molecule has 1 aliphatic rings. The van der Waals surface area contributed by atoms with Crippen LogP contribution in [-0.2, 0) is 20.1 Å². The summed E-state index contributed by atoms with van der Waals surface area (Å²) < 4.78 is 16.5. The summed E-state index contributed by atoms with van der Waals surface area (Å²) in [6.45, 7) is 4.30. The number of ether oxygens (including phenoxy) is 2. The topological polar surface area (TPSA) is 81.3 Å². The molecular weight excluding hydrogens is 348 g/mol. The number of benzene rings is 1. The molecule has 0 fully saturated rings. The molecule has 0 saturated carbocycles.